The summed E-state index contributed by atoms with van der Waals surface area (Å²) in [5, 5.41) is 12.1. The molecule has 1 N–H and O–H groups in total. The fraction of sp³-hybridized carbons (Fsp3) is 0.438. The first-order valence-electron chi connectivity index (χ1n) is 7.55. The Hall–Kier alpha value is -1.95. The van der Waals surface area contributed by atoms with Crippen LogP contribution in [0.25, 0.3) is 0 Å². The van der Waals surface area contributed by atoms with Crippen molar-refractivity contribution >= 4 is 22.4 Å². The molecule has 0 radical (unpaired) electrons. The highest BCUT2D eigenvalue weighted by Crippen LogP contribution is 2.16. The van der Waals surface area contributed by atoms with E-state index in [9.17, 15) is 4.79 Å². The Morgan fingerprint density at radius 2 is 1.95 bits per heavy atom. The van der Waals surface area contributed by atoms with Crippen LogP contribution in [0.1, 0.15) is 37.3 Å². The van der Waals surface area contributed by atoms with Gasteiger partial charge in [0.15, 0.2) is 0 Å². The fourth-order valence-electron chi connectivity index (χ4n) is 1.87. The van der Waals surface area contributed by atoms with E-state index in [0.717, 1.165) is 23.6 Å². The number of hydrogen-bond donors (Lipinski definition) is 1. The lowest BCUT2D eigenvalue weighted by atomic mass is 10.2. The molecule has 2 rings (SSSR count). The van der Waals surface area contributed by atoms with Gasteiger partial charge in [-0.05, 0) is 37.0 Å². The second kappa shape index (κ2) is 8.48. The van der Waals surface area contributed by atoms with Crippen LogP contribution in [0.4, 0.5) is 5.13 Å². The minimum Gasteiger partial charge on any atom is -0.494 e. The standard InChI is InChI=1S/C16H21N3O2S/c1-3-12-7-9-13(10-8-12)21-11-5-6-14(20)17-16-19-18-15(4-2)22-16/h7-10H,3-6,11H2,1-2H3,(H,17,19,20). The SMILES string of the molecule is CCc1ccc(OCCCC(=O)Nc2nnc(CC)s2)cc1. The molecule has 0 unspecified atom stereocenters. The first-order chi connectivity index (χ1) is 10.7. The van der Waals surface area contributed by atoms with E-state index >= 15 is 0 Å². The lowest BCUT2D eigenvalue weighted by Gasteiger charge is -2.06. The van der Waals surface area contributed by atoms with Crippen LogP contribution < -0.4 is 10.1 Å². The van der Waals surface area contributed by atoms with Crippen LogP contribution in [0.3, 0.4) is 0 Å². The number of anilines is 1. The average molecular weight is 319 g/mol. The molecule has 0 aliphatic heterocycles. The van der Waals surface area contributed by atoms with Crippen molar-refractivity contribution in [3.63, 3.8) is 0 Å². The molecule has 1 aromatic carbocycles. The minimum absolute atomic E-state index is 0.0521. The highest BCUT2D eigenvalue weighted by atomic mass is 32.1. The second-order valence-corrected chi connectivity index (χ2v) is 5.91. The first-order valence-corrected chi connectivity index (χ1v) is 8.37. The molecule has 2 aromatic rings. The first kappa shape index (κ1) is 16.4. The van der Waals surface area contributed by atoms with Gasteiger partial charge in [0.25, 0.3) is 0 Å². The Balaban J connectivity index is 1.66. The number of carbonyl (C=O) groups excluding carboxylic acids is 1. The zero-order valence-electron chi connectivity index (χ0n) is 13.0. The van der Waals surface area contributed by atoms with Gasteiger partial charge in [-0.3, -0.25) is 4.79 Å². The maximum Gasteiger partial charge on any atom is 0.226 e. The summed E-state index contributed by atoms with van der Waals surface area (Å²) >= 11 is 1.42. The summed E-state index contributed by atoms with van der Waals surface area (Å²) < 4.78 is 5.62. The van der Waals surface area contributed by atoms with Crippen LogP contribution in [0, 0.1) is 0 Å². The van der Waals surface area contributed by atoms with Crippen molar-refractivity contribution < 1.29 is 9.53 Å². The lowest BCUT2D eigenvalue weighted by Crippen LogP contribution is -2.12. The Morgan fingerprint density at radius 3 is 2.59 bits per heavy atom. The van der Waals surface area contributed by atoms with Gasteiger partial charge < -0.3 is 10.1 Å². The molecule has 0 aliphatic rings. The zero-order chi connectivity index (χ0) is 15.8. The van der Waals surface area contributed by atoms with Crippen LogP contribution in [0.2, 0.25) is 0 Å². The zero-order valence-corrected chi connectivity index (χ0v) is 13.8. The summed E-state index contributed by atoms with van der Waals surface area (Å²) in [5.41, 5.74) is 1.29. The molecule has 1 amide bonds. The summed E-state index contributed by atoms with van der Waals surface area (Å²) in [6, 6.07) is 8.05. The fourth-order valence-corrected chi connectivity index (χ4v) is 2.57. The van der Waals surface area contributed by atoms with Gasteiger partial charge in [-0.1, -0.05) is 37.3 Å². The molecule has 0 saturated heterocycles. The van der Waals surface area contributed by atoms with Gasteiger partial charge in [0.1, 0.15) is 10.8 Å². The molecule has 118 valence electrons. The normalized spacial score (nSPS) is 10.5. The topological polar surface area (TPSA) is 64.1 Å². The van der Waals surface area contributed by atoms with E-state index in [4.69, 9.17) is 4.74 Å². The van der Waals surface area contributed by atoms with Crippen molar-refractivity contribution in [2.45, 2.75) is 39.5 Å². The number of carbonyl (C=O) groups is 1. The molecular formula is C16H21N3O2S. The summed E-state index contributed by atoms with van der Waals surface area (Å²) in [7, 11) is 0. The summed E-state index contributed by atoms with van der Waals surface area (Å²) in [4.78, 5) is 11.8. The van der Waals surface area contributed by atoms with E-state index in [0.29, 0.717) is 24.6 Å². The van der Waals surface area contributed by atoms with E-state index in [1.165, 1.54) is 16.9 Å². The Labute approximate surface area is 134 Å². The molecule has 0 bridgehead atoms. The quantitative estimate of drug-likeness (QED) is 0.757. The molecule has 0 fully saturated rings. The predicted octanol–water partition coefficient (Wildman–Crippen LogP) is 3.46. The highest BCUT2D eigenvalue weighted by molar-refractivity contribution is 7.15. The van der Waals surface area contributed by atoms with Crippen molar-refractivity contribution in [3.05, 3.63) is 34.8 Å². The Kier molecular flexibility index (Phi) is 6.33. The third kappa shape index (κ3) is 5.11. The van der Waals surface area contributed by atoms with Gasteiger partial charge >= 0.3 is 0 Å². The molecule has 22 heavy (non-hydrogen) atoms. The number of aromatic nitrogens is 2. The molecule has 0 spiro atoms. The molecule has 0 atom stereocenters. The van der Waals surface area contributed by atoms with Crippen molar-refractivity contribution in [2.75, 3.05) is 11.9 Å². The van der Waals surface area contributed by atoms with Gasteiger partial charge in [0.05, 0.1) is 6.61 Å². The van der Waals surface area contributed by atoms with Gasteiger partial charge in [0, 0.05) is 6.42 Å². The Bertz CT molecular complexity index is 596. The van der Waals surface area contributed by atoms with Crippen LogP contribution >= 0.6 is 11.3 Å². The number of nitrogens with zero attached hydrogens (tertiary/aromatic N) is 2. The number of rotatable bonds is 8. The smallest absolute Gasteiger partial charge is 0.226 e. The molecule has 6 heteroatoms. The molecule has 5 nitrogen and oxygen atoms in total. The van der Waals surface area contributed by atoms with Crippen molar-refractivity contribution in [3.8, 4) is 5.75 Å². The molecule has 1 aromatic heterocycles. The maximum absolute atomic E-state index is 11.8. The van der Waals surface area contributed by atoms with Gasteiger partial charge in [-0.2, -0.15) is 0 Å². The van der Waals surface area contributed by atoms with Crippen molar-refractivity contribution in [1.29, 1.82) is 0 Å². The van der Waals surface area contributed by atoms with Crippen LogP contribution in [0.15, 0.2) is 24.3 Å². The number of ether oxygens (including phenoxy) is 1. The summed E-state index contributed by atoms with van der Waals surface area (Å²) in [6.45, 7) is 4.65. The van der Waals surface area contributed by atoms with Crippen molar-refractivity contribution in [1.82, 2.24) is 10.2 Å². The van der Waals surface area contributed by atoms with E-state index < -0.39 is 0 Å². The van der Waals surface area contributed by atoms with Gasteiger partial charge in [0.2, 0.25) is 11.0 Å². The average Bonchev–Trinajstić information content (AvgIpc) is 2.99. The predicted molar refractivity (Wildman–Crippen MR) is 88.5 cm³/mol. The number of amides is 1. The number of nitrogens with one attached hydrogen (secondary N) is 1. The number of aryl methyl sites for hydroxylation is 2. The largest absolute Gasteiger partial charge is 0.494 e. The summed E-state index contributed by atoms with van der Waals surface area (Å²) in [5.74, 6) is 0.790. The maximum atomic E-state index is 11.8. The van der Waals surface area contributed by atoms with E-state index in [-0.39, 0.29) is 5.91 Å². The van der Waals surface area contributed by atoms with Gasteiger partial charge in [-0.15, -0.1) is 10.2 Å². The van der Waals surface area contributed by atoms with E-state index in [2.05, 4.69) is 34.6 Å². The van der Waals surface area contributed by atoms with Crippen LogP contribution in [-0.4, -0.2) is 22.7 Å². The lowest BCUT2D eigenvalue weighted by molar-refractivity contribution is -0.116. The highest BCUT2D eigenvalue weighted by Gasteiger charge is 2.07. The third-order valence-corrected chi connectivity index (χ3v) is 4.15. The van der Waals surface area contributed by atoms with Crippen molar-refractivity contribution in [2.24, 2.45) is 0 Å². The number of benzene rings is 1. The van der Waals surface area contributed by atoms with E-state index in [1.807, 2.05) is 19.1 Å². The number of hydrogen-bond acceptors (Lipinski definition) is 5. The Morgan fingerprint density at radius 1 is 1.18 bits per heavy atom. The molecular weight excluding hydrogens is 298 g/mol. The monoisotopic (exact) mass is 319 g/mol. The van der Waals surface area contributed by atoms with Crippen LogP contribution in [-0.2, 0) is 17.6 Å². The summed E-state index contributed by atoms with van der Waals surface area (Å²) in [6.07, 6.45) is 2.93. The second-order valence-electron chi connectivity index (χ2n) is 4.85. The third-order valence-electron chi connectivity index (χ3n) is 3.16. The minimum atomic E-state index is -0.0521. The molecule has 1 heterocycles. The molecule has 0 aliphatic carbocycles. The molecule has 0 saturated carbocycles. The van der Waals surface area contributed by atoms with Gasteiger partial charge in [-0.25, -0.2) is 0 Å². The van der Waals surface area contributed by atoms with E-state index in [1.54, 1.807) is 0 Å². The van der Waals surface area contributed by atoms with Crippen LogP contribution in [0.5, 0.6) is 5.75 Å².